The smallest absolute Gasteiger partial charge is 0.323 e. The number of para-hydroxylation sites is 1. The first-order chi connectivity index (χ1) is 13.0. The average molecular weight is 368 g/mol. The first kappa shape index (κ1) is 17.5. The van der Waals surface area contributed by atoms with Crippen molar-refractivity contribution in [3.05, 3.63) is 59.4 Å². The topological polar surface area (TPSA) is 81.2 Å². The fraction of sp³-hybridized carbons (Fsp3) is 0.300. The number of hydrogen-bond acceptors (Lipinski definition) is 3. The summed E-state index contributed by atoms with van der Waals surface area (Å²) in [6.45, 7) is 2.42. The van der Waals surface area contributed by atoms with E-state index in [1.54, 1.807) is 24.0 Å². The van der Waals surface area contributed by atoms with Crippen LogP contribution in [0.5, 0.6) is 0 Å². The number of H-pyrrole nitrogens is 1. The summed E-state index contributed by atoms with van der Waals surface area (Å²) in [6.07, 6.45) is 0.706. The third-order valence-corrected chi connectivity index (χ3v) is 5.34. The van der Waals surface area contributed by atoms with Crippen LogP contribution in [-0.2, 0) is 5.60 Å². The third-order valence-electron chi connectivity index (χ3n) is 5.34. The van der Waals surface area contributed by atoms with Gasteiger partial charge in [0.2, 0.25) is 0 Å². The number of urea groups is 1. The summed E-state index contributed by atoms with van der Waals surface area (Å²) in [7, 11) is 0. The number of fused-ring (bicyclic) bond motifs is 1. The summed E-state index contributed by atoms with van der Waals surface area (Å²) in [5, 5.41) is 21.7. The molecule has 3 N–H and O–H groups in total. The second-order valence-electron chi connectivity index (χ2n) is 6.98. The number of halogens is 1. The van der Waals surface area contributed by atoms with Crippen molar-refractivity contribution < 1.29 is 14.3 Å². The Morgan fingerprint density at radius 2 is 1.96 bits per heavy atom. The molecule has 7 heteroatoms. The summed E-state index contributed by atoms with van der Waals surface area (Å²) in [5.41, 5.74) is 0.784. The van der Waals surface area contributed by atoms with Crippen molar-refractivity contribution in [2.45, 2.75) is 25.4 Å². The predicted octanol–water partition coefficient (Wildman–Crippen LogP) is 3.53. The van der Waals surface area contributed by atoms with Crippen LogP contribution >= 0.6 is 0 Å². The highest BCUT2D eigenvalue weighted by molar-refractivity contribution is 5.98. The normalized spacial score (nSPS) is 16.5. The van der Waals surface area contributed by atoms with Gasteiger partial charge < -0.3 is 10.0 Å². The van der Waals surface area contributed by atoms with Gasteiger partial charge in [-0.2, -0.15) is 5.10 Å². The van der Waals surface area contributed by atoms with E-state index in [1.165, 1.54) is 6.07 Å². The lowest BCUT2D eigenvalue weighted by atomic mass is 9.82. The van der Waals surface area contributed by atoms with Crippen LogP contribution in [0.15, 0.2) is 42.5 Å². The molecule has 2 amide bonds. The number of carbonyl (C=O) groups is 1. The Hall–Kier alpha value is -2.93. The maximum atomic E-state index is 13.9. The number of aliphatic hydroxyl groups is 1. The zero-order chi connectivity index (χ0) is 19.0. The molecule has 1 fully saturated rings. The van der Waals surface area contributed by atoms with Crippen molar-refractivity contribution in [3.8, 4) is 0 Å². The molecule has 1 aromatic heterocycles. The zero-order valence-corrected chi connectivity index (χ0v) is 15.0. The van der Waals surface area contributed by atoms with E-state index in [1.807, 2.05) is 24.3 Å². The van der Waals surface area contributed by atoms with Crippen LogP contribution in [0.3, 0.4) is 0 Å². The number of aromatic nitrogens is 2. The summed E-state index contributed by atoms with van der Waals surface area (Å²) >= 11 is 0. The third kappa shape index (κ3) is 3.14. The van der Waals surface area contributed by atoms with E-state index in [4.69, 9.17) is 0 Å². The molecule has 0 saturated carbocycles. The highest BCUT2D eigenvalue weighted by atomic mass is 19.1. The van der Waals surface area contributed by atoms with E-state index in [9.17, 15) is 14.3 Å². The molecule has 3 aromatic rings. The van der Waals surface area contributed by atoms with E-state index >= 15 is 0 Å². The molecule has 2 heterocycles. The maximum absolute atomic E-state index is 13.9. The molecule has 6 nitrogen and oxygen atoms in total. The molecular formula is C20H21FN4O2. The van der Waals surface area contributed by atoms with Crippen molar-refractivity contribution >= 4 is 22.8 Å². The number of rotatable bonds is 2. The van der Waals surface area contributed by atoms with E-state index in [0.29, 0.717) is 42.9 Å². The lowest BCUT2D eigenvalue weighted by molar-refractivity contribution is -0.0164. The fourth-order valence-electron chi connectivity index (χ4n) is 3.70. The Kier molecular flexibility index (Phi) is 4.31. The molecule has 1 aliphatic heterocycles. The van der Waals surface area contributed by atoms with E-state index < -0.39 is 5.60 Å². The Bertz CT molecular complexity index is 993. The lowest BCUT2D eigenvalue weighted by Crippen LogP contribution is -2.47. The average Bonchev–Trinajstić information content (AvgIpc) is 3.07. The number of likely N-dealkylation sites (tertiary alicyclic amines) is 1. The van der Waals surface area contributed by atoms with Crippen LogP contribution < -0.4 is 5.32 Å². The van der Waals surface area contributed by atoms with Gasteiger partial charge in [-0.1, -0.05) is 24.3 Å². The molecular weight excluding hydrogens is 347 g/mol. The van der Waals surface area contributed by atoms with Gasteiger partial charge in [-0.25, -0.2) is 9.18 Å². The van der Waals surface area contributed by atoms with Gasteiger partial charge in [0, 0.05) is 18.5 Å². The molecule has 0 spiro atoms. The summed E-state index contributed by atoms with van der Waals surface area (Å²) < 4.78 is 13.9. The Labute approximate surface area is 156 Å². The predicted molar refractivity (Wildman–Crippen MR) is 101 cm³/mol. The molecule has 0 bridgehead atoms. The van der Waals surface area contributed by atoms with Crippen molar-refractivity contribution in [2.75, 3.05) is 18.4 Å². The van der Waals surface area contributed by atoms with Crippen LogP contribution in [0.25, 0.3) is 10.9 Å². The van der Waals surface area contributed by atoms with Crippen molar-refractivity contribution in [2.24, 2.45) is 0 Å². The number of anilines is 1. The number of aromatic amines is 1. The molecule has 140 valence electrons. The van der Waals surface area contributed by atoms with Crippen LogP contribution in [0.1, 0.15) is 24.0 Å². The van der Waals surface area contributed by atoms with Gasteiger partial charge in [-0.3, -0.25) is 10.4 Å². The molecule has 4 rings (SSSR count). The van der Waals surface area contributed by atoms with Gasteiger partial charge in [0.25, 0.3) is 0 Å². The van der Waals surface area contributed by atoms with E-state index in [2.05, 4.69) is 15.5 Å². The number of nitrogens with one attached hydrogen (secondary N) is 2. The first-order valence-corrected chi connectivity index (χ1v) is 8.95. The number of carbonyl (C=O) groups excluding carboxylic acids is 1. The van der Waals surface area contributed by atoms with Crippen LogP contribution in [0, 0.1) is 12.7 Å². The van der Waals surface area contributed by atoms with Gasteiger partial charge in [0.1, 0.15) is 5.82 Å². The number of hydrogen-bond donors (Lipinski definition) is 3. The molecule has 27 heavy (non-hydrogen) atoms. The molecule has 0 aliphatic carbocycles. The molecule has 1 saturated heterocycles. The number of nitrogens with zero attached hydrogens (tertiary/aromatic N) is 2. The van der Waals surface area contributed by atoms with Gasteiger partial charge in [0.15, 0.2) is 5.82 Å². The van der Waals surface area contributed by atoms with Crippen LogP contribution in [0.2, 0.25) is 0 Å². The van der Waals surface area contributed by atoms with Crippen molar-refractivity contribution in [1.29, 1.82) is 0 Å². The SMILES string of the molecule is Cc1c(F)cccc1C1(O)CCN(C(=O)Nc2n[nH]c3ccccc23)CC1. The van der Waals surface area contributed by atoms with Gasteiger partial charge >= 0.3 is 6.03 Å². The Morgan fingerprint density at radius 3 is 2.74 bits per heavy atom. The van der Waals surface area contributed by atoms with Crippen molar-refractivity contribution in [3.63, 3.8) is 0 Å². The molecule has 0 atom stereocenters. The standard InChI is InChI=1S/C20H21FN4O2/c1-13-15(6-4-7-16(13)21)20(27)9-11-25(12-10-20)19(26)22-18-14-5-2-3-8-17(14)23-24-18/h2-8,27H,9-12H2,1H3,(H2,22,23,24,26). The minimum Gasteiger partial charge on any atom is -0.385 e. The minimum atomic E-state index is -1.12. The van der Waals surface area contributed by atoms with E-state index in [0.717, 1.165) is 10.9 Å². The summed E-state index contributed by atoms with van der Waals surface area (Å²) in [5.74, 6) is 0.156. The van der Waals surface area contributed by atoms with Crippen LogP contribution in [-0.4, -0.2) is 39.3 Å². The quantitative estimate of drug-likeness (QED) is 0.647. The highest BCUT2D eigenvalue weighted by Gasteiger charge is 2.37. The monoisotopic (exact) mass is 368 g/mol. The lowest BCUT2D eigenvalue weighted by Gasteiger charge is -2.39. The van der Waals surface area contributed by atoms with Crippen molar-refractivity contribution in [1.82, 2.24) is 15.1 Å². The minimum absolute atomic E-state index is 0.259. The largest absolute Gasteiger partial charge is 0.385 e. The van der Waals surface area contributed by atoms with Crippen LogP contribution in [0.4, 0.5) is 15.0 Å². The van der Waals surface area contributed by atoms with E-state index in [-0.39, 0.29) is 11.8 Å². The van der Waals surface area contributed by atoms with Gasteiger partial charge in [-0.05, 0) is 49.1 Å². The number of piperidine rings is 1. The summed E-state index contributed by atoms with van der Waals surface area (Å²) in [4.78, 5) is 14.2. The fourth-order valence-corrected chi connectivity index (χ4v) is 3.70. The number of benzene rings is 2. The molecule has 1 aliphatic rings. The first-order valence-electron chi connectivity index (χ1n) is 8.95. The Morgan fingerprint density at radius 1 is 1.22 bits per heavy atom. The zero-order valence-electron chi connectivity index (χ0n) is 15.0. The second kappa shape index (κ2) is 6.66. The summed E-state index contributed by atoms with van der Waals surface area (Å²) in [6, 6.07) is 12.0. The highest BCUT2D eigenvalue weighted by Crippen LogP contribution is 2.35. The Balaban J connectivity index is 1.46. The van der Waals surface area contributed by atoms with Gasteiger partial charge in [0.05, 0.1) is 11.1 Å². The molecule has 0 unspecified atom stereocenters. The number of amides is 2. The maximum Gasteiger partial charge on any atom is 0.323 e. The second-order valence-corrected chi connectivity index (χ2v) is 6.98. The molecule has 0 radical (unpaired) electrons. The van der Waals surface area contributed by atoms with Gasteiger partial charge in [-0.15, -0.1) is 0 Å². The molecule has 2 aromatic carbocycles.